The number of thiophene rings is 1. The molecule has 3 atom stereocenters. The van der Waals surface area contributed by atoms with E-state index < -0.39 is 10.2 Å². The van der Waals surface area contributed by atoms with Crippen LogP contribution in [0.4, 0.5) is 17.6 Å². The smallest absolute Gasteiger partial charge is 0.282 e. The average molecular weight is 514 g/mol. The molecular formula is C22H27N9O2S2. The maximum Gasteiger partial charge on any atom is 0.282 e. The topological polar surface area (TPSA) is 143 Å². The van der Waals surface area contributed by atoms with Gasteiger partial charge in [0.25, 0.3) is 10.2 Å². The maximum atomic E-state index is 13.3. The van der Waals surface area contributed by atoms with Crippen molar-refractivity contribution in [1.82, 2.24) is 28.8 Å². The number of hydrogen-bond acceptors (Lipinski definition) is 9. The lowest BCUT2D eigenvalue weighted by Crippen LogP contribution is -2.63. The molecule has 3 aromatic heterocycles. The zero-order chi connectivity index (χ0) is 24.2. The molecule has 0 aliphatic carbocycles. The van der Waals surface area contributed by atoms with Gasteiger partial charge in [-0.3, -0.25) is 5.10 Å². The second-order valence-corrected chi connectivity index (χ2v) is 12.4. The van der Waals surface area contributed by atoms with Crippen LogP contribution in [0.2, 0.25) is 0 Å². The van der Waals surface area contributed by atoms with Gasteiger partial charge in [-0.25, -0.2) is 4.98 Å². The molecule has 0 unspecified atom stereocenters. The van der Waals surface area contributed by atoms with Gasteiger partial charge < -0.3 is 10.6 Å². The van der Waals surface area contributed by atoms with E-state index in [9.17, 15) is 8.42 Å². The summed E-state index contributed by atoms with van der Waals surface area (Å²) in [4.78, 5) is 10.4. The van der Waals surface area contributed by atoms with Crippen LogP contribution in [0.5, 0.6) is 0 Å². The van der Waals surface area contributed by atoms with E-state index in [1.165, 1.54) is 4.31 Å². The van der Waals surface area contributed by atoms with Gasteiger partial charge >= 0.3 is 0 Å². The van der Waals surface area contributed by atoms with E-state index in [1.54, 1.807) is 15.6 Å². The minimum atomic E-state index is -3.55. The Morgan fingerprint density at radius 1 is 1.23 bits per heavy atom. The number of fused-ring (bicyclic) bond motifs is 3. The third-order valence-electron chi connectivity index (χ3n) is 7.14. The van der Waals surface area contributed by atoms with E-state index in [-0.39, 0.29) is 24.0 Å². The number of piperidine rings is 2. The van der Waals surface area contributed by atoms with Gasteiger partial charge in [-0.1, -0.05) is 6.42 Å². The van der Waals surface area contributed by atoms with E-state index in [0.29, 0.717) is 43.5 Å². The van der Waals surface area contributed by atoms with Crippen molar-refractivity contribution in [3.63, 3.8) is 0 Å². The standard InChI is InChI=1S/C22H27N9O2S2/c1-13-7-19(29-28-13)25-20-18-5-6-34-21(18)27-22(26-20)24-15-8-16-3-2-4-17(9-15)31(16)35(32,33)30-11-14(10-23)12-30/h5-7,14-17H,2-4,8-9,11-12H2,1H3,(H3,24,25,26,27,28,29)/t15-,16-,17+. The Morgan fingerprint density at radius 2 is 2.00 bits per heavy atom. The number of aryl methyl sites for hydroxylation is 1. The van der Waals surface area contributed by atoms with Crippen molar-refractivity contribution in [2.24, 2.45) is 5.92 Å². The minimum absolute atomic E-state index is 0.0544. The van der Waals surface area contributed by atoms with Crippen molar-refractivity contribution in [2.45, 2.75) is 57.2 Å². The summed E-state index contributed by atoms with van der Waals surface area (Å²) in [5.41, 5.74) is 0.955. The first kappa shape index (κ1) is 22.7. The lowest BCUT2D eigenvalue weighted by molar-refractivity contribution is 0.0983. The summed E-state index contributed by atoms with van der Waals surface area (Å²) >= 11 is 1.55. The first-order valence-electron chi connectivity index (χ1n) is 11.9. The number of H-pyrrole nitrogens is 1. The maximum absolute atomic E-state index is 13.3. The fourth-order valence-corrected chi connectivity index (χ4v) is 8.38. The molecule has 184 valence electrons. The molecule has 11 nitrogen and oxygen atoms in total. The highest BCUT2D eigenvalue weighted by Crippen LogP contribution is 2.39. The highest BCUT2D eigenvalue weighted by Gasteiger charge is 2.49. The van der Waals surface area contributed by atoms with E-state index in [0.717, 1.165) is 35.2 Å². The predicted octanol–water partition coefficient (Wildman–Crippen LogP) is 2.96. The quantitative estimate of drug-likeness (QED) is 0.456. The van der Waals surface area contributed by atoms with Gasteiger partial charge in [0.2, 0.25) is 5.95 Å². The van der Waals surface area contributed by atoms with Crippen LogP contribution in [0.15, 0.2) is 17.5 Å². The molecule has 2 bridgehead atoms. The summed E-state index contributed by atoms with van der Waals surface area (Å²) in [6.07, 6.45) is 4.14. The Bertz CT molecular complexity index is 1380. The largest absolute Gasteiger partial charge is 0.351 e. The van der Waals surface area contributed by atoms with Crippen LogP contribution in [-0.2, 0) is 10.2 Å². The van der Waals surface area contributed by atoms with E-state index in [4.69, 9.17) is 15.2 Å². The van der Waals surface area contributed by atoms with Crippen LogP contribution in [0.25, 0.3) is 10.2 Å². The van der Waals surface area contributed by atoms with E-state index >= 15 is 0 Å². The molecule has 3 aliphatic rings. The van der Waals surface area contributed by atoms with Crippen molar-refractivity contribution < 1.29 is 8.42 Å². The van der Waals surface area contributed by atoms with Crippen LogP contribution in [-0.4, -0.2) is 68.4 Å². The molecule has 6 heterocycles. The third kappa shape index (κ3) is 4.14. The second kappa shape index (κ2) is 8.70. The summed E-state index contributed by atoms with van der Waals surface area (Å²) < 4.78 is 29.8. The molecule has 0 saturated carbocycles. The van der Waals surface area contributed by atoms with E-state index in [1.807, 2.05) is 24.4 Å². The van der Waals surface area contributed by atoms with Gasteiger partial charge in [-0.05, 0) is 44.1 Å². The van der Waals surface area contributed by atoms with E-state index in [2.05, 4.69) is 26.9 Å². The van der Waals surface area contributed by atoms with Crippen molar-refractivity contribution in [2.75, 3.05) is 23.7 Å². The minimum Gasteiger partial charge on any atom is -0.351 e. The number of nitrogens with one attached hydrogen (secondary N) is 3. The molecule has 0 aromatic carbocycles. The molecule has 3 saturated heterocycles. The molecule has 13 heteroatoms. The van der Waals surface area contributed by atoms with Gasteiger partial charge in [0.15, 0.2) is 5.82 Å². The summed E-state index contributed by atoms with van der Waals surface area (Å²) in [6.45, 7) is 2.55. The summed E-state index contributed by atoms with van der Waals surface area (Å²) in [6, 6.07) is 6.05. The molecule has 0 amide bonds. The van der Waals surface area contributed by atoms with Crippen LogP contribution in [0.3, 0.4) is 0 Å². The number of nitrogens with zero attached hydrogens (tertiary/aromatic N) is 6. The summed E-state index contributed by atoms with van der Waals surface area (Å²) in [5.74, 6) is 1.72. The number of hydrogen-bond donors (Lipinski definition) is 3. The summed E-state index contributed by atoms with van der Waals surface area (Å²) in [5, 5.41) is 26.0. The molecular weight excluding hydrogens is 486 g/mol. The molecule has 6 rings (SSSR count). The Kier molecular flexibility index (Phi) is 5.63. The summed E-state index contributed by atoms with van der Waals surface area (Å²) in [7, 11) is -3.55. The second-order valence-electron chi connectivity index (χ2n) is 9.63. The fourth-order valence-electron chi connectivity index (χ4n) is 5.48. The average Bonchev–Trinajstić information content (AvgIpc) is 3.41. The van der Waals surface area contributed by atoms with Crippen LogP contribution < -0.4 is 10.6 Å². The van der Waals surface area contributed by atoms with Crippen LogP contribution >= 0.6 is 11.3 Å². The molecule has 35 heavy (non-hydrogen) atoms. The molecule has 3 aliphatic heterocycles. The lowest BCUT2D eigenvalue weighted by atomic mass is 9.84. The van der Waals surface area contributed by atoms with Gasteiger partial charge in [0, 0.05) is 43.0 Å². The van der Waals surface area contributed by atoms with Gasteiger partial charge in [0.1, 0.15) is 10.6 Å². The Labute approximate surface area is 207 Å². The lowest BCUT2D eigenvalue weighted by Gasteiger charge is -2.50. The van der Waals surface area contributed by atoms with Gasteiger partial charge in [-0.15, -0.1) is 11.3 Å². The zero-order valence-corrected chi connectivity index (χ0v) is 20.9. The van der Waals surface area contributed by atoms with Crippen molar-refractivity contribution in [3.8, 4) is 6.07 Å². The molecule has 3 N–H and O–H groups in total. The highest BCUT2D eigenvalue weighted by atomic mass is 32.2. The van der Waals surface area contributed by atoms with Crippen molar-refractivity contribution in [3.05, 3.63) is 23.2 Å². The Balaban J connectivity index is 1.21. The highest BCUT2D eigenvalue weighted by molar-refractivity contribution is 7.86. The number of nitriles is 1. The van der Waals surface area contributed by atoms with Gasteiger partial charge in [-0.2, -0.15) is 32.4 Å². The monoisotopic (exact) mass is 513 g/mol. The SMILES string of the molecule is Cc1cc(Nc2nc(N[C@@H]3C[C@H]4CCC[C@@H](C3)N4S(=O)(=O)N3CC(C#N)C3)nc3sccc23)n[nH]1. The molecule has 3 aromatic rings. The molecule has 0 spiro atoms. The number of anilines is 3. The Hall–Kier alpha value is -2.79. The van der Waals surface area contributed by atoms with Crippen molar-refractivity contribution >= 4 is 49.3 Å². The zero-order valence-electron chi connectivity index (χ0n) is 19.3. The molecule has 3 fully saturated rings. The number of aromatic amines is 1. The van der Waals surface area contributed by atoms with Crippen LogP contribution in [0.1, 0.15) is 37.8 Å². The number of rotatable bonds is 6. The normalized spacial score (nSPS) is 25.8. The Morgan fingerprint density at radius 3 is 2.69 bits per heavy atom. The first-order chi connectivity index (χ1) is 16.9. The third-order valence-corrected chi connectivity index (χ3v) is 10.0. The number of aromatic nitrogens is 4. The predicted molar refractivity (Wildman–Crippen MR) is 134 cm³/mol. The van der Waals surface area contributed by atoms with Crippen molar-refractivity contribution in [1.29, 1.82) is 5.26 Å². The van der Waals surface area contributed by atoms with Crippen LogP contribution in [0, 0.1) is 24.2 Å². The fraction of sp³-hybridized carbons (Fsp3) is 0.545. The molecule has 0 radical (unpaired) electrons. The van der Waals surface area contributed by atoms with Gasteiger partial charge in [0.05, 0.1) is 17.4 Å². The first-order valence-corrected chi connectivity index (χ1v) is 14.2.